The molecule has 1 unspecified atom stereocenters. The normalized spacial score (nSPS) is 20.8. The van der Waals surface area contributed by atoms with E-state index in [9.17, 15) is 4.39 Å². The summed E-state index contributed by atoms with van der Waals surface area (Å²) in [6.07, 6.45) is 2.20. The van der Waals surface area contributed by atoms with Crippen molar-refractivity contribution in [2.75, 3.05) is 13.1 Å². The predicted molar refractivity (Wildman–Crippen MR) is 76.3 cm³/mol. The highest BCUT2D eigenvalue weighted by Gasteiger charge is 2.27. The van der Waals surface area contributed by atoms with Crippen molar-refractivity contribution in [2.24, 2.45) is 11.8 Å². The van der Waals surface area contributed by atoms with Gasteiger partial charge in [-0.25, -0.2) is 4.39 Å². The van der Waals surface area contributed by atoms with Gasteiger partial charge in [0.05, 0.1) is 0 Å². The Morgan fingerprint density at radius 3 is 2.79 bits per heavy atom. The molecule has 2 rings (SSSR count). The zero-order valence-corrected chi connectivity index (χ0v) is 12.2. The Labute approximate surface area is 119 Å². The highest BCUT2D eigenvalue weighted by Crippen LogP contribution is 2.27. The number of hydrogen-bond donors (Lipinski definition) is 1. The highest BCUT2D eigenvalue weighted by atomic mass is 35.5. The lowest BCUT2D eigenvalue weighted by atomic mass is 9.93. The molecule has 4 heteroatoms. The van der Waals surface area contributed by atoms with Crippen molar-refractivity contribution in [3.8, 4) is 5.75 Å². The van der Waals surface area contributed by atoms with E-state index >= 15 is 0 Å². The molecule has 1 aliphatic rings. The highest BCUT2D eigenvalue weighted by molar-refractivity contribution is 6.30. The van der Waals surface area contributed by atoms with Crippen LogP contribution in [0.15, 0.2) is 18.2 Å². The first-order valence-electron chi connectivity index (χ1n) is 6.88. The zero-order chi connectivity index (χ0) is 13.8. The van der Waals surface area contributed by atoms with E-state index in [0.29, 0.717) is 22.6 Å². The fraction of sp³-hybridized carbons (Fsp3) is 0.600. The first-order valence-corrected chi connectivity index (χ1v) is 7.26. The summed E-state index contributed by atoms with van der Waals surface area (Å²) in [5.74, 6) is 1.22. The minimum absolute atomic E-state index is 0.118. The van der Waals surface area contributed by atoms with Gasteiger partial charge in [-0.3, -0.25) is 0 Å². The van der Waals surface area contributed by atoms with Crippen LogP contribution in [-0.4, -0.2) is 19.2 Å². The first kappa shape index (κ1) is 14.6. The maximum Gasteiger partial charge on any atom is 0.128 e. The quantitative estimate of drug-likeness (QED) is 0.886. The summed E-state index contributed by atoms with van der Waals surface area (Å²) in [6, 6.07) is 4.38. The molecular weight excluding hydrogens is 265 g/mol. The van der Waals surface area contributed by atoms with Crippen LogP contribution in [0.2, 0.25) is 5.02 Å². The molecule has 2 atom stereocenters. The van der Waals surface area contributed by atoms with Gasteiger partial charge in [-0.1, -0.05) is 25.4 Å². The molecule has 1 aliphatic heterocycles. The van der Waals surface area contributed by atoms with Crippen molar-refractivity contribution in [3.05, 3.63) is 29.0 Å². The Morgan fingerprint density at radius 1 is 1.42 bits per heavy atom. The third kappa shape index (κ3) is 4.36. The van der Waals surface area contributed by atoms with Crippen molar-refractivity contribution < 1.29 is 9.13 Å². The van der Waals surface area contributed by atoms with Crippen LogP contribution in [0.25, 0.3) is 0 Å². The van der Waals surface area contributed by atoms with Crippen LogP contribution in [0.3, 0.4) is 0 Å². The third-order valence-corrected chi connectivity index (χ3v) is 3.67. The molecule has 2 nitrogen and oxygen atoms in total. The first-order chi connectivity index (χ1) is 9.04. The molecule has 1 N–H and O–H groups in total. The summed E-state index contributed by atoms with van der Waals surface area (Å²) < 4.78 is 19.3. The number of halogens is 2. The summed E-state index contributed by atoms with van der Waals surface area (Å²) in [6.45, 7) is 6.36. The SMILES string of the molecule is CC(C)C[C@@H](Oc1cc(F)cc(Cl)c1)C1CCNC1. The van der Waals surface area contributed by atoms with Crippen molar-refractivity contribution in [3.63, 3.8) is 0 Å². The average Bonchev–Trinajstić information content (AvgIpc) is 2.79. The molecule has 0 aliphatic carbocycles. The Balaban J connectivity index is 2.09. The van der Waals surface area contributed by atoms with E-state index in [0.717, 1.165) is 25.9 Å². The minimum Gasteiger partial charge on any atom is -0.490 e. The van der Waals surface area contributed by atoms with Gasteiger partial charge in [-0.15, -0.1) is 0 Å². The van der Waals surface area contributed by atoms with Crippen LogP contribution in [0.1, 0.15) is 26.7 Å². The van der Waals surface area contributed by atoms with Crippen molar-refractivity contribution in [1.82, 2.24) is 5.32 Å². The van der Waals surface area contributed by atoms with Crippen LogP contribution in [0, 0.1) is 17.7 Å². The van der Waals surface area contributed by atoms with Crippen molar-refractivity contribution >= 4 is 11.6 Å². The average molecular weight is 286 g/mol. The molecule has 0 aromatic heterocycles. The van der Waals surface area contributed by atoms with Gasteiger partial charge in [0.15, 0.2) is 0 Å². The van der Waals surface area contributed by atoms with Crippen molar-refractivity contribution in [2.45, 2.75) is 32.8 Å². The van der Waals surface area contributed by atoms with Gasteiger partial charge in [0, 0.05) is 23.6 Å². The van der Waals surface area contributed by atoms with E-state index in [4.69, 9.17) is 16.3 Å². The standard InChI is InChI=1S/C15H21ClFNO/c1-10(2)5-15(11-3-4-18-9-11)19-14-7-12(16)6-13(17)8-14/h6-8,10-11,15,18H,3-5,9H2,1-2H3/t11?,15-/m1/s1. The van der Waals surface area contributed by atoms with E-state index in [1.165, 1.54) is 12.1 Å². The summed E-state index contributed by atoms with van der Waals surface area (Å²) in [4.78, 5) is 0. The molecule has 1 fully saturated rings. The number of nitrogens with one attached hydrogen (secondary N) is 1. The van der Waals surface area contributed by atoms with E-state index < -0.39 is 0 Å². The molecule has 0 radical (unpaired) electrons. The fourth-order valence-electron chi connectivity index (χ4n) is 2.57. The second-order valence-electron chi connectivity index (χ2n) is 5.64. The number of ether oxygens (including phenoxy) is 1. The Bertz CT molecular complexity index is 398. The molecule has 1 aromatic rings. The molecule has 106 valence electrons. The maximum atomic E-state index is 13.3. The topological polar surface area (TPSA) is 21.3 Å². The molecular formula is C15H21ClFNO. The van der Waals surface area contributed by atoms with E-state index in [2.05, 4.69) is 19.2 Å². The van der Waals surface area contributed by atoms with Crippen molar-refractivity contribution in [1.29, 1.82) is 0 Å². The maximum absolute atomic E-state index is 13.3. The molecule has 0 bridgehead atoms. The number of rotatable bonds is 5. The fourth-order valence-corrected chi connectivity index (χ4v) is 2.78. The lowest BCUT2D eigenvalue weighted by molar-refractivity contribution is 0.119. The van der Waals surface area contributed by atoms with Gasteiger partial charge < -0.3 is 10.1 Å². The molecule has 1 aromatic carbocycles. The lowest BCUT2D eigenvalue weighted by Crippen LogP contribution is -2.30. The van der Waals surface area contributed by atoms with Gasteiger partial charge in [0.2, 0.25) is 0 Å². The molecule has 1 heterocycles. The predicted octanol–water partition coefficient (Wildman–Crippen LogP) is 3.88. The summed E-state index contributed by atoms with van der Waals surface area (Å²) in [5.41, 5.74) is 0. The largest absolute Gasteiger partial charge is 0.490 e. The van der Waals surface area contributed by atoms with Gasteiger partial charge in [-0.2, -0.15) is 0 Å². The lowest BCUT2D eigenvalue weighted by Gasteiger charge is -2.26. The smallest absolute Gasteiger partial charge is 0.128 e. The molecule has 0 spiro atoms. The molecule has 0 amide bonds. The third-order valence-electron chi connectivity index (χ3n) is 3.45. The van der Waals surface area contributed by atoms with Crippen LogP contribution in [0.5, 0.6) is 5.75 Å². The monoisotopic (exact) mass is 285 g/mol. The Kier molecular flexibility index (Phi) is 5.06. The molecule has 0 saturated carbocycles. The van der Waals surface area contributed by atoms with Crippen LogP contribution >= 0.6 is 11.6 Å². The molecule has 19 heavy (non-hydrogen) atoms. The van der Waals surface area contributed by atoms with Gasteiger partial charge in [-0.05, 0) is 37.4 Å². The zero-order valence-electron chi connectivity index (χ0n) is 11.5. The number of benzene rings is 1. The second-order valence-corrected chi connectivity index (χ2v) is 6.08. The Morgan fingerprint density at radius 2 is 2.21 bits per heavy atom. The van der Waals surface area contributed by atoms with E-state index in [1.54, 1.807) is 6.07 Å². The van der Waals surface area contributed by atoms with Gasteiger partial charge >= 0.3 is 0 Å². The Hall–Kier alpha value is -0.800. The van der Waals surface area contributed by atoms with Crippen LogP contribution in [0.4, 0.5) is 4.39 Å². The summed E-state index contributed by atoms with van der Waals surface area (Å²) >= 11 is 5.87. The van der Waals surface area contributed by atoms with Gasteiger partial charge in [0.25, 0.3) is 0 Å². The molecule has 1 saturated heterocycles. The van der Waals surface area contributed by atoms with E-state index in [-0.39, 0.29) is 11.9 Å². The number of hydrogen-bond acceptors (Lipinski definition) is 2. The minimum atomic E-state index is -0.352. The van der Waals surface area contributed by atoms with Crippen LogP contribution < -0.4 is 10.1 Å². The van der Waals surface area contributed by atoms with E-state index in [1.807, 2.05) is 0 Å². The summed E-state index contributed by atoms with van der Waals surface area (Å²) in [5, 5.41) is 3.73. The summed E-state index contributed by atoms with van der Waals surface area (Å²) in [7, 11) is 0. The second kappa shape index (κ2) is 6.58. The van der Waals surface area contributed by atoms with Gasteiger partial charge in [0.1, 0.15) is 17.7 Å². The van der Waals surface area contributed by atoms with Crippen LogP contribution in [-0.2, 0) is 0 Å².